The zero-order chi connectivity index (χ0) is 22.8. The molecule has 0 aliphatic carbocycles. The highest BCUT2D eigenvalue weighted by Crippen LogP contribution is 2.39. The van der Waals surface area contributed by atoms with Crippen LogP contribution in [0.25, 0.3) is 0 Å². The van der Waals surface area contributed by atoms with Crippen molar-refractivity contribution in [1.82, 2.24) is 0 Å². The second kappa shape index (κ2) is 8.63. The molecule has 166 valence electrons. The lowest BCUT2D eigenvalue weighted by atomic mass is 9.93. The van der Waals surface area contributed by atoms with Crippen molar-refractivity contribution in [2.24, 2.45) is 5.41 Å². The van der Waals surface area contributed by atoms with Gasteiger partial charge in [0.1, 0.15) is 23.0 Å². The molecule has 31 heavy (non-hydrogen) atoms. The smallest absolute Gasteiger partial charge is 0.265 e. The first-order chi connectivity index (χ1) is 14.6. The highest BCUT2D eigenvalue weighted by atomic mass is 32.2. The number of nitrogens with one attached hydrogen (secondary N) is 1. The van der Waals surface area contributed by atoms with Crippen LogP contribution in [-0.4, -0.2) is 34.1 Å². The molecule has 3 rings (SSSR count). The Labute approximate surface area is 183 Å². The van der Waals surface area contributed by atoms with Gasteiger partial charge < -0.3 is 14.4 Å². The van der Waals surface area contributed by atoms with Gasteiger partial charge in [0.15, 0.2) is 0 Å². The summed E-state index contributed by atoms with van der Waals surface area (Å²) in [6.07, 6.45) is 1.65. The van der Waals surface area contributed by atoms with Crippen molar-refractivity contribution in [2.45, 2.75) is 32.6 Å². The van der Waals surface area contributed by atoms with Crippen molar-refractivity contribution in [3.8, 4) is 11.5 Å². The lowest BCUT2D eigenvalue weighted by molar-refractivity contribution is -0.127. The van der Waals surface area contributed by atoms with Crippen LogP contribution < -0.4 is 19.1 Å². The molecule has 0 unspecified atom stereocenters. The van der Waals surface area contributed by atoms with E-state index in [0.29, 0.717) is 30.3 Å². The zero-order valence-electron chi connectivity index (χ0n) is 18.3. The lowest BCUT2D eigenvalue weighted by Crippen LogP contribution is -2.42. The van der Waals surface area contributed by atoms with E-state index in [0.717, 1.165) is 5.56 Å². The van der Waals surface area contributed by atoms with E-state index in [1.54, 1.807) is 54.3 Å². The number of ether oxygens (including phenoxy) is 2. The summed E-state index contributed by atoms with van der Waals surface area (Å²) in [5.74, 6) is 0.631. The summed E-state index contributed by atoms with van der Waals surface area (Å²) in [7, 11) is -3.91. The van der Waals surface area contributed by atoms with E-state index in [4.69, 9.17) is 9.47 Å². The molecule has 1 aliphatic rings. The maximum atomic E-state index is 13.1. The highest BCUT2D eigenvalue weighted by Gasteiger charge is 2.37. The van der Waals surface area contributed by atoms with Gasteiger partial charge in [-0.15, -0.1) is 6.58 Å². The maximum absolute atomic E-state index is 13.1. The van der Waals surface area contributed by atoms with Crippen LogP contribution in [-0.2, 0) is 14.8 Å². The molecule has 0 saturated heterocycles. The van der Waals surface area contributed by atoms with Gasteiger partial charge in [-0.2, -0.15) is 0 Å². The number of fused-ring (bicyclic) bond motifs is 1. The summed E-state index contributed by atoms with van der Waals surface area (Å²) in [4.78, 5) is 14.6. The molecule has 2 aromatic carbocycles. The Morgan fingerprint density at radius 3 is 2.68 bits per heavy atom. The fraction of sp³-hybridized carbons (Fsp3) is 0.348. The number of carbonyl (C=O) groups is 1. The van der Waals surface area contributed by atoms with Crippen molar-refractivity contribution < 1.29 is 22.7 Å². The van der Waals surface area contributed by atoms with Gasteiger partial charge in [0, 0.05) is 12.6 Å². The van der Waals surface area contributed by atoms with Gasteiger partial charge in [0.05, 0.1) is 23.4 Å². The van der Waals surface area contributed by atoms with Crippen molar-refractivity contribution in [2.75, 3.05) is 29.4 Å². The highest BCUT2D eigenvalue weighted by molar-refractivity contribution is 7.92. The van der Waals surface area contributed by atoms with E-state index >= 15 is 0 Å². The fourth-order valence-electron chi connectivity index (χ4n) is 3.33. The van der Waals surface area contributed by atoms with Crippen LogP contribution in [0.4, 0.5) is 11.4 Å². The summed E-state index contributed by atoms with van der Waals surface area (Å²) < 4.78 is 40.2. The number of benzene rings is 2. The van der Waals surface area contributed by atoms with Crippen LogP contribution >= 0.6 is 0 Å². The minimum atomic E-state index is -3.91. The van der Waals surface area contributed by atoms with Crippen molar-refractivity contribution in [1.29, 1.82) is 0 Å². The molecule has 1 heterocycles. The molecule has 1 amide bonds. The second-order valence-electron chi connectivity index (χ2n) is 8.05. The molecule has 0 radical (unpaired) electrons. The molecular weight excluding hydrogens is 416 g/mol. The Hall–Kier alpha value is -3.00. The number of amides is 1. The molecule has 1 aliphatic heterocycles. The monoisotopic (exact) mass is 444 g/mol. The number of aryl methyl sites for hydroxylation is 1. The Morgan fingerprint density at radius 2 is 2.00 bits per heavy atom. The Balaban J connectivity index is 1.98. The SMILES string of the molecule is C=CCN1C(=O)C(C)(C)COc2cc(NS(=O)(=O)c3cc(C)ccc3OCC)ccc21. The topological polar surface area (TPSA) is 84.9 Å². The standard InChI is InChI=1S/C23H28N2O5S/c1-6-12-25-18-10-9-17(14-20(18)30-15-23(4,5)22(25)26)24-31(27,28)21-13-16(3)8-11-19(21)29-7-2/h6,8-11,13-14,24H,1,7,12,15H2,2-5H3. The number of sulfonamides is 1. The first kappa shape index (κ1) is 22.7. The van der Waals surface area contributed by atoms with Gasteiger partial charge in [0.25, 0.3) is 10.0 Å². The lowest BCUT2D eigenvalue weighted by Gasteiger charge is -2.27. The van der Waals surface area contributed by atoms with Gasteiger partial charge in [-0.3, -0.25) is 9.52 Å². The molecule has 0 bridgehead atoms. The minimum Gasteiger partial charge on any atom is -0.492 e. The molecule has 1 N–H and O–H groups in total. The van der Waals surface area contributed by atoms with E-state index in [2.05, 4.69) is 11.3 Å². The number of hydrogen-bond donors (Lipinski definition) is 1. The molecule has 0 fully saturated rings. The summed E-state index contributed by atoms with van der Waals surface area (Å²) >= 11 is 0. The second-order valence-corrected chi connectivity index (χ2v) is 9.70. The van der Waals surface area contributed by atoms with Crippen LogP contribution in [0.3, 0.4) is 0 Å². The molecule has 8 heteroatoms. The largest absolute Gasteiger partial charge is 0.492 e. The summed E-state index contributed by atoms with van der Waals surface area (Å²) in [5.41, 5.74) is 0.975. The van der Waals surface area contributed by atoms with Gasteiger partial charge in [0.2, 0.25) is 5.91 Å². The predicted molar refractivity (Wildman–Crippen MR) is 121 cm³/mol. The van der Waals surface area contributed by atoms with Gasteiger partial charge in [-0.1, -0.05) is 12.1 Å². The minimum absolute atomic E-state index is 0.0646. The summed E-state index contributed by atoms with van der Waals surface area (Å²) in [5, 5.41) is 0. The molecule has 0 aromatic heterocycles. The molecule has 7 nitrogen and oxygen atoms in total. The van der Waals surface area contributed by atoms with Crippen molar-refractivity contribution in [3.63, 3.8) is 0 Å². The van der Waals surface area contributed by atoms with Gasteiger partial charge in [-0.05, 0) is 57.5 Å². The zero-order valence-corrected chi connectivity index (χ0v) is 19.1. The normalized spacial score (nSPS) is 15.5. The number of carbonyl (C=O) groups excluding carboxylic acids is 1. The van der Waals surface area contributed by atoms with E-state index in [-0.39, 0.29) is 23.2 Å². The molecule has 0 atom stereocenters. The number of anilines is 2. The average Bonchev–Trinajstić information content (AvgIpc) is 2.79. The summed E-state index contributed by atoms with van der Waals surface area (Å²) in [6, 6.07) is 9.89. The fourth-order valence-corrected chi connectivity index (χ4v) is 4.61. The quantitative estimate of drug-likeness (QED) is 0.649. The molecule has 0 spiro atoms. The van der Waals surface area contributed by atoms with Crippen molar-refractivity contribution >= 4 is 27.3 Å². The predicted octanol–water partition coefficient (Wildman–Crippen LogP) is 4.13. The number of hydrogen-bond acceptors (Lipinski definition) is 5. The maximum Gasteiger partial charge on any atom is 0.265 e. The third kappa shape index (κ3) is 4.69. The Morgan fingerprint density at radius 1 is 1.26 bits per heavy atom. The van der Waals surface area contributed by atoms with Crippen LogP contribution in [0, 0.1) is 12.3 Å². The van der Waals surface area contributed by atoms with Crippen LogP contribution in [0.2, 0.25) is 0 Å². The van der Waals surface area contributed by atoms with E-state index in [9.17, 15) is 13.2 Å². The first-order valence-electron chi connectivity index (χ1n) is 10.0. The average molecular weight is 445 g/mol. The van der Waals surface area contributed by atoms with Crippen molar-refractivity contribution in [3.05, 3.63) is 54.6 Å². The van der Waals surface area contributed by atoms with Crippen LogP contribution in [0.5, 0.6) is 11.5 Å². The van der Waals surface area contributed by atoms with Gasteiger partial charge >= 0.3 is 0 Å². The third-order valence-electron chi connectivity index (χ3n) is 4.92. The number of nitrogens with zero attached hydrogens (tertiary/aromatic N) is 1. The molecular formula is C23H28N2O5S. The molecule has 0 saturated carbocycles. The Kier molecular flexibility index (Phi) is 6.31. The third-order valence-corrected chi connectivity index (χ3v) is 6.32. The molecule has 2 aromatic rings. The van der Waals surface area contributed by atoms with Crippen LogP contribution in [0.1, 0.15) is 26.3 Å². The number of rotatable bonds is 7. The Bertz CT molecular complexity index is 1110. The first-order valence-corrected chi connectivity index (χ1v) is 11.5. The van der Waals surface area contributed by atoms with Crippen LogP contribution in [0.15, 0.2) is 53.9 Å². The van der Waals surface area contributed by atoms with Gasteiger partial charge in [-0.25, -0.2) is 8.42 Å². The van der Waals surface area contributed by atoms with E-state index in [1.165, 1.54) is 0 Å². The summed E-state index contributed by atoms with van der Waals surface area (Å²) in [6.45, 7) is 11.8. The van der Waals surface area contributed by atoms with E-state index in [1.807, 2.05) is 20.8 Å². The van der Waals surface area contributed by atoms with E-state index < -0.39 is 15.4 Å².